The van der Waals surface area contributed by atoms with Gasteiger partial charge in [0.25, 0.3) is 0 Å². The number of hydrogen-bond donors (Lipinski definition) is 1. The molecule has 1 N–H and O–H groups in total. The van der Waals surface area contributed by atoms with Gasteiger partial charge in [-0.1, -0.05) is 12.1 Å². The molecule has 4 aromatic rings. The lowest BCUT2D eigenvalue weighted by molar-refractivity contribution is 0.105. The van der Waals surface area contributed by atoms with Crippen molar-refractivity contribution in [3.05, 3.63) is 72.1 Å². The van der Waals surface area contributed by atoms with E-state index < -0.39 is 0 Å². The first-order valence-corrected chi connectivity index (χ1v) is 10.3. The number of fused-ring (bicyclic) bond motifs is 1. The van der Waals surface area contributed by atoms with Gasteiger partial charge >= 0.3 is 0 Å². The van der Waals surface area contributed by atoms with Crippen LogP contribution in [0.15, 0.2) is 55.1 Å². The van der Waals surface area contributed by atoms with E-state index >= 15 is 0 Å². The molecule has 3 aromatic heterocycles. The third-order valence-electron chi connectivity index (χ3n) is 5.82. The van der Waals surface area contributed by atoms with Crippen molar-refractivity contribution in [2.45, 2.75) is 32.4 Å². The van der Waals surface area contributed by atoms with Crippen molar-refractivity contribution >= 4 is 11.0 Å². The molecule has 7 heteroatoms. The van der Waals surface area contributed by atoms with Crippen LogP contribution in [0.5, 0.6) is 0 Å². The van der Waals surface area contributed by atoms with Crippen molar-refractivity contribution in [3.8, 4) is 11.1 Å². The van der Waals surface area contributed by atoms with Gasteiger partial charge in [0.1, 0.15) is 17.9 Å². The van der Waals surface area contributed by atoms with Gasteiger partial charge in [-0.2, -0.15) is 9.83 Å². The van der Waals surface area contributed by atoms with E-state index in [2.05, 4.69) is 26.3 Å². The molecule has 0 aliphatic carbocycles. The van der Waals surface area contributed by atoms with Gasteiger partial charge in [0.15, 0.2) is 0 Å². The number of hydrogen-bond acceptors (Lipinski definition) is 4. The second-order valence-corrected chi connectivity index (χ2v) is 7.77. The van der Waals surface area contributed by atoms with E-state index in [-0.39, 0.29) is 12.4 Å². The molecule has 30 heavy (non-hydrogen) atoms. The molecule has 1 aromatic carbocycles. The lowest BCUT2D eigenvalue weighted by atomic mass is 10.1. The molecule has 1 aliphatic heterocycles. The molecule has 0 bridgehead atoms. The summed E-state index contributed by atoms with van der Waals surface area (Å²) < 4.78 is 17.8. The molecular weight excluding hydrogens is 381 g/mol. The second kappa shape index (κ2) is 7.91. The number of nitrogens with zero attached hydrogens (tertiary/aromatic N) is 4. The third-order valence-corrected chi connectivity index (χ3v) is 5.82. The molecule has 0 saturated carbocycles. The smallest absolute Gasteiger partial charge is 0.143 e. The quantitative estimate of drug-likeness (QED) is 0.547. The Morgan fingerprint density at radius 3 is 2.87 bits per heavy atom. The van der Waals surface area contributed by atoms with E-state index in [1.165, 1.54) is 6.07 Å². The minimum Gasteiger partial charge on any atom is -0.409 e. The minimum atomic E-state index is -0.254. The summed E-state index contributed by atoms with van der Waals surface area (Å²) in [6.07, 6.45) is 9.83. The monoisotopic (exact) mass is 405 g/mol. The number of pyridine rings is 1. The van der Waals surface area contributed by atoms with Gasteiger partial charge in [-0.3, -0.25) is 9.67 Å². The molecule has 1 fully saturated rings. The Hall–Kier alpha value is -3.19. The number of aromatic nitrogens is 4. The summed E-state index contributed by atoms with van der Waals surface area (Å²) >= 11 is 0. The van der Waals surface area contributed by atoms with Crippen LogP contribution in [0.3, 0.4) is 0 Å². The molecule has 0 atom stereocenters. The van der Waals surface area contributed by atoms with Crippen LogP contribution in [0.2, 0.25) is 0 Å². The maximum absolute atomic E-state index is 14.1. The number of halogens is 1. The zero-order chi connectivity index (χ0) is 20.5. The van der Waals surface area contributed by atoms with E-state index in [4.69, 9.17) is 4.84 Å². The first-order chi connectivity index (χ1) is 14.7. The molecule has 0 radical (unpaired) electrons. The summed E-state index contributed by atoms with van der Waals surface area (Å²) in [5.74, 6) is -0.254. The summed E-state index contributed by atoms with van der Waals surface area (Å²) in [4.78, 5) is 10.5. The fourth-order valence-electron chi connectivity index (χ4n) is 4.00. The summed E-state index contributed by atoms with van der Waals surface area (Å²) in [6, 6.07) is 9.42. The number of aryl methyl sites for hydroxylation is 1. The van der Waals surface area contributed by atoms with E-state index in [1.54, 1.807) is 10.8 Å². The summed E-state index contributed by atoms with van der Waals surface area (Å²) in [5, 5.41) is 7.97. The van der Waals surface area contributed by atoms with Crippen molar-refractivity contribution in [2.75, 3.05) is 13.1 Å². The largest absolute Gasteiger partial charge is 0.409 e. The summed E-state index contributed by atoms with van der Waals surface area (Å²) in [7, 11) is 0. The maximum atomic E-state index is 14.1. The SMILES string of the molecule is Cc1cccc(F)c1COn1ccc2ncc(-c3cnn(C4CCNCC4)c3)cc21. The molecule has 5 rings (SSSR count). The van der Waals surface area contributed by atoms with E-state index in [1.807, 2.05) is 43.7 Å². The molecular formula is C23H24FN5O. The van der Waals surface area contributed by atoms with Crippen LogP contribution in [0.1, 0.15) is 30.0 Å². The Morgan fingerprint density at radius 1 is 1.17 bits per heavy atom. The first kappa shape index (κ1) is 18.8. The van der Waals surface area contributed by atoms with Crippen LogP contribution in [0.4, 0.5) is 4.39 Å². The molecule has 0 amide bonds. The highest BCUT2D eigenvalue weighted by Gasteiger charge is 2.16. The van der Waals surface area contributed by atoms with Gasteiger partial charge in [-0.15, -0.1) is 0 Å². The van der Waals surface area contributed by atoms with Crippen LogP contribution in [-0.4, -0.2) is 32.6 Å². The summed E-state index contributed by atoms with van der Waals surface area (Å²) in [5.41, 5.74) is 5.11. The minimum absolute atomic E-state index is 0.153. The number of benzene rings is 1. The van der Waals surface area contributed by atoms with Crippen molar-refractivity contribution in [1.29, 1.82) is 0 Å². The van der Waals surface area contributed by atoms with E-state index in [0.29, 0.717) is 11.6 Å². The predicted octanol–water partition coefficient (Wildman–Crippen LogP) is 3.90. The van der Waals surface area contributed by atoms with Crippen molar-refractivity contribution in [1.82, 2.24) is 24.8 Å². The Balaban J connectivity index is 1.40. The fourth-order valence-corrected chi connectivity index (χ4v) is 4.00. The van der Waals surface area contributed by atoms with Gasteiger partial charge in [-0.25, -0.2) is 4.39 Å². The lowest BCUT2D eigenvalue weighted by Gasteiger charge is -2.22. The first-order valence-electron chi connectivity index (χ1n) is 10.3. The number of piperidine rings is 1. The second-order valence-electron chi connectivity index (χ2n) is 7.77. The Labute approximate surface area is 174 Å². The average molecular weight is 405 g/mol. The van der Waals surface area contributed by atoms with Gasteiger partial charge in [0.2, 0.25) is 0 Å². The highest BCUT2D eigenvalue weighted by atomic mass is 19.1. The fraction of sp³-hybridized carbons (Fsp3) is 0.304. The molecule has 0 spiro atoms. The van der Waals surface area contributed by atoms with Gasteiger partial charge in [-0.05, 0) is 56.6 Å². The number of rotatable bonds is 5. The highest BCUT2D eigenvalue weighted by Crippen LogP contribution is 2.26. The zero-order valence-electron chi connectivity index (χ0n) is 16.9. The normalized spacial score (nSPS) is 15.0. The molecule has 4 heterocycles. The zero-order valence-corrected chi connectivity index (χ0v) is 16.9. The van der Waals surface area contributed by atoms with Gasteiger partial charge in [0, 0.05) is 35.3 Å². The van der Waals surface area contributed by atoms with Gasteiger partial charge in [0.05, 0.1) is 17.8 Å². The van der Waals surface area contributed by atoms with Crippen LogP contribution < -0.4 is 10.2 Å². The Bertz CT molecular complexity index is 1160. The van der Waals surface area contributed by atoms with Crippen LogP contribution in [0, 0.1) is 12.7 Å². The van der Waals surface area contributed by atoms with Crippen LogP contribution >= 0.6 is 0 Å². The predicted molar refractivity (Wildman–Crippen MR) is 114 cm³/mol. The molecule has 6 nitrogen and oxygen atoms in total. The molecule has 1 saturated heterocycles. The van der Waals surface area contributed by atoms with Crippen molar-refractivity contribution in [2.24, 2.45) is 0 Å². The molecule has 154 valence electrons. The van der Waals surface area contributed by atoms with Crippen LogP contribution in [-0.2, 0) is 6.61 Å². The van der Waals surface area contributed by atoms with Crippen molar-refractivity contribution in [3.63, 3.8) is 0 Å². The third kappa shape index (κ3) is 3.57. The van der Waals surface area contributed by atoms with Crippen LogP contribution in [0.25, 0.3) is 22.2 Å². The van der Waals surface area contributed by atoms with E-state index in [0.717, 1.165) is 53.7 Å². The van der Waals surface area contributed by atoms with Gasteiger partial charge < -0.3 is 10.2 Å². The topological polar surface area (TPSA) is 56.9 Å². The standard InChI is InChI=1S/C23H24FN5O/c1-16-3-2-4-21(24)20(16)15-30-29-10-7-22-23(29)11-17(12-26-22)18-13-27-28(14-18)19-5-8-25-9-6-19/h2-4,7,10-14,19,25H,5-6,8-9,15H2,1H3. The van der Waals surface area contributed by atoms with E-state index in [9.17, 15) is 4.39 Å². The van der Waals surface area contributed by atoms with Crippen molar-refractivity contribution < 1.29 is 9.23 Å². The highest BCUT2D eigenvalue weighted by molar-refractivity contribution is 5.80. The molecule has 0 unspecified atom stereocenters. The molecule has 1 aliphatic rings. The maximum Gasteiger partial charge on any atom is 0.143 e. The lowest BCUT2D eigenvalue weighted by Crippen LogP contribution is -2.29. The Morgan fingerprint density at radius 2 is 2.03 bits per heavy atom. The number of nitrogens with one attached hydrogen (secondary N) is 1. The Kier molecular flexibility index (Phi) is 4.96. The summed E-state index contributed by atoms with van der Waals surface area (Å²) in [6.45, 7) is 4.09. The average Bonchev–Trinajstić information content (AvgIpc) is 3.41.